The lowest BCUT2D eigenvalue weighted by Crippen LogP contribution is -2.13. The van der Waals surface area contributed by atoms with Crippen molar-refractivity contribution in [1.82, 2.24) is 0 Å². The van der Waals surface area contributed by atoms with Gasteiger partial charge in [-0.15, -0.1) is 0 Å². The van der Waals surface area contributed by atoms with Crippen molar-refractivity contribution < 1.29 is 9.53 Å². The summed E-state index contributed by atoms with van der Waals surface area (Å²) < 4.78 is 5.17. The van der Waals surface area contributed by atoms with Crippen LogP contribution in [0.15, 0.2) is 12.2 Å². The van der Waals surface area contributed by atoms with Gasteiger partial charge in [-0.05, 0) is 6.92 Å². The zero-order valence-corrected chi connectivity index (χ0v) is 9.66. The standard InChI is InChI=1S/C10H18O2S/c1-8(2)9(11)12-6-7-13-10(3,4)5/h1,6-7H2,2-5H3. The molecule has 76 valence electrons. The maximum atomic E-state index is 10.9. The third-order valence-electron chi connectivity index (χ3n) is 1.20. The number of hydrogen-bond acceptors (Lipinski definition) is 3. The van der Waals surface area contributed by atoms with E-state index < -0.39 is 0 Å². The fourth-order valence-electron chi connectivity index (χ4n) is 0.605. The van der Waals surface area contributed by atoms with Crippen LogP contribution in [0.2, 0.25) is 0 Å². The van der Waals surface area contributed by atoms with Crippen molar-refractivity contribution in [1.29, 1.82) is 0 Å². The number of esters is 1. The van der Waals surface area contributed by atoms with Gasteiger partial charge in [0.15, 0.2) is 0 Å². The van der Waals surface area contributed by atoms with Crippen molar-refractivity contribution in [2.24, 2.45) is 0 Å². The second-order valence-corrected chi connectivity index (χ2v) is 5.80. The molecule has 0 saturated heterocycles. The molecule has 0 atom stereocenters. The summed E-state index contributed by atoms with van der Waals surface area (Å²) in [5, 5.41) is 0. The molecule has 0 aromatic carbocycles. The van der Waals surface area contributed by atoms with Gasteiger partial charge in [-0.25, -0.2) is 4.79 Å². The molecule has 0 N–H and O–H groups in total. The highest BCUT2D eigenvalue weighted by atomic mass is 32.2. The molecule has 0 fully saturated rings. The molecule has 0 saturated carbocycles. The Morgan fingerprint density at radius 3 is 2.38 bits per heavy atom. The molecule has 0 bridgehead atoms. The van der Waals surface area contributed by atoms with Gasteiger partial charge >= 0.3 is 5.97 Å². The minimum Gasteiger partial charge on any atom is -0.461 e. The highest BCUT2D eigenvalue weighted by Crippen LogP contribution is 2.22. The van der Waals surface area contributed by atoms with Crippen LogP contribution in [0.5, 0.6) is 0 Å². The predicted octanol–water partition coefficient (Wildman–Crippen LogP) is 2.64. The number of carbonyl (C=O) groups is 1. The van der Waals surface area contributed by atoms with E-state index in [2.05, 4.69) is 27.4 Å². The van der Waals surface area contributed by atoms with Crippen LogP contribution in [0, 0.1) is 0 Å². The van der Waals surface area contributed by atoms with Gasteiger partial charge < -0.3 is 4.74 Å². The molecular formula is C10H18O2S. The minimum absolute atomic E-state index is 0.232. The summed E-state index contributed by atoms with van der Waals surface area (Å²) in [6.07, 6.45) is 0. The number of rotatable bonds is 4. The lowest BCUT2D eigenvalue weighted by molar-refractivity contribution is -0.138. The van der Waals surface area contributed by atoms with E-state index in [0.29, 0.717) is 12.2 Å². The quantitative estimate of drug-likeness (QED) is 0.398. The molecule has 2 nitrogen and oxygen atoms in total. The molecule has 0 unspecified atom stereocenters. The Morgan fingerprint density at radius 2 is 2.00 bits per heavy atom. The molecule has 0 heterocycles. The van der Waals surface area contributed by atoms with Crippen LogP contribution in [0.1, 0.15) is 27.7 Å². The van der Waals surface area contributed by atoms with E-state index in [0.717, 1.165) is 5.75 Å². The second kappa shape index (κ2) is 5.32. The monoisotopic (exact) mass is 202 g/mol. The average Bonchev–Trinajstić information content (AvgIpc) is 1.95. The normalized spacial score (nSPS) is 11.1. The van der Waals surface area contributed by atoms with E-state index in [1.807, 2.05) is 0 Å². The lowest BCUT2D eigenvalue weighted by Gasteiger charge is -2.17. The first-order valence-corrected chi connectivity index (χ1v) is 5.28. The number of thioether (sulfide) groups is 1. The highest BCUT2D eigenvalue weighted by Gasteiger charge is 2.10. The third kappa shape index (κ3) is 7.91. The number of hydrogen-bond donors (Lipinski definition) is 0. The Hall–Kier alpha value is -0.440. The molecule has 0 aliphatic rings. The minimum atomic E-state index is -0.297. The molecule has 0 radical (unpaired) electrons. The van der Waals surface area contributed by atoms with Crippen molar-refractivity contribution >= 4 is 17.7 Å². The molecular weight excluding hydrogens is 184 g/mol. The lowest BCUT2D eigenvalue weighted by atomic mass is 10.3. The molecule has 13 heavy (non-hydrogen) atoms. The van der Waals surface area contributed by atoms with Crippen LogP contribution < -0.4 is 0 Å². The van der Waals surface area contributed by atoms with E-state index in [9.17, 15) is 4.79 Å². The molecule has 3 heteroatoms. The van der Waals surface area contributed by atoms with Crippen molar-refractivity contribution in [3.05, 3.63) is 12.2 Å². The summed E-state index contributed by atoms with van der Waals surface area (Å²) in [5.41, 5.74) is 0.459. The van der Waals surface area contributed by atoms with Crippen LogP contribution in [-0.2, 0) is 9.53 Å². The van der Waals surface area contributed by atoms with Gasteiger partial charge in [0.05, 0.1) is 0 Å². The van der Waals surface area contributed by atoms with Gasteiger partial charge in [-0.3, -0.25) is 0 Å². The first kappa shape index (κ1) is 12.6. The third-order valence-corrected chi connectivity index (χ3v) is 2.44. The van der Waals surface area contributed by atoms with Gasteiger partial charge in [0.2, 0.25) is 0 Å². The van der Waals surface area contributed by atoms with Crippen molar-refractivity contribution in [2.45, 2.75) is 32.4 Å². The first-order valence-electron chi connectivity index (χ1n) is 4.29. The van der Waals surface area contributed by atoms with Crippen LogP contribution in [-0.4, -0.2) is 23.1 Å². The first-order chi connectivity index (χ1) is 5.83. The fraction of sp³-hybridized carbons (Fsp3) is 0.700. The van der Waals surface area contributed by atoms with Crippen molar-refractivity contribution in [3.8, 4) is 0 Å². The topological polar surface area (TPSA) is 26.3 Å². The molecule has 0 aromatic heterocycles. The summed E-state index contributed by atoms with van der Waals surface area (Å²) in [5.74, 6) is 0.539. The molecule has 0 aromatic rings. The molecule has 0 amide bonds. The highest BCUT2D eigenvalue weighted by molar-refractivity contribution is 8.00. The molecule has 0 spiro atoms. The average molecular weight is 202 g/mol. The van der Waals surface area contributed by atoms with Crippen molar-refractivity contribution in [3.63, 3.8) is 0 Å². The van der Waals surface area contributed by atoms with Gasteiger partial charge in [0.1, 0.15) is 6.61 Å². The molecule has 0 rings (SSSR count). The SMILES string of the molecule is C=C(C)C(=O)OCCSC(C)(C)C. The smallest absolute Gasteiger partial charge is 0.333 e. The van der Waals surface area contributed by atoms with Crippen LogP contribution in [0.4, 0.5) is 0 Å². The summed E-state index contributed by atoms with van der Waals surface area (Å²) in [6, 6.07) is 0. The van der Waals surface area contributed by atoms with Crippen molar-refractivity contribution in [2.75, 3.05) is 12.4 Å². The van der Waals surface area contributed by atoms with Gasteiger partial charge in [-0.2, -0.15) is 11.8 Å². The van der Waals surface area contributed by atoms with Gasteiger partial charge in [-0.1, -0.05) is 27.4 Å². The van der Waals surface area contributed by atoms with E-state index >= 15 is 0 Å². The van der Waals surface area contributed by atoms with E-state index in [1.54, 1.807) is 18.7 Å². The predicted molar refractivity (Wildman–Crippen MR) is 58.0 cm³/mol. The molecule has 0 aliphatic heterocycles. The Labute approximate surface area is 84.7 Å². The zero-order valence-electron chi connectivity index (χ0n) is 8.85. The van der Waals surface area contributed by atoms with Gasteiger partial charge in [0, 0.05) is 16.1 Å². The van der Waals surface area contributed by atoms with E-state index in [1.165, 1.54) is 0 Å². The summed E-state index contributed by atoms with van der Waals surface area (Å²) in [6.45, 7) is 12.0. The molecule has 0 aliphatic carbocycles. The number of carbonyl (C=O) groups excluding carboxylic acids is 1. The maximum Gasteiger partial charge on any atom is 0.333 e. The van der Waals surface area contributed by atoms with Crippen LogP contribution >= 0.6 is 11.8 Å². The Kier molecular flexibility index (Phi) is 5.14. The van der Waals surface area contributed by atoms with E-state index in [4.69, 9.17) is 4.74 Å². The van der Waals surface area contributed by atoms with Crippen LogP contribution in [0.3, 0.4) is 0 Å². The maximum absolute atomic E-state index is 10.9. The summed E-state index contributed by atoms with van der Waals surface area (Å²) in [7, 11) is 0. The Bertz CT molecular complexity index is 192. The number of ether oxygens (including phenoxy) is 1. The van der Waals surface area contributed by atoms with E-state index in [-0.39, 0.29) is 10.7 Å². The summed E-state index contributed by atoms with van der Waals surface area (Å²) >= 11 is 1.78. The largest absolute Gasteiger partial charge is 0.461 e. The summed E-state index contributed by atoms with van der Waals surface area (Å²) in [4.78, 5) is 10.9. The Morgan fingerprint density at radius 1 is 1.46 bits per heavy atom. The van der Waals surface area contributed by atoms with Gasteiger partial charge in [0.25, 0.3) is 0 Å². The Balaban J connectivity index is 3.47. The zero-order chi connectivity index (χ0) is 10.5. The fourth-order valence-corrected chi connectivity index (χ4v) is 1.38. The van der Waals surface area contributed by atoms with Crippen LogP contribution in [0.25, 0.3) is 0 Å². The second-order valence-electron chi connectivity index (χ2n) is 3.88.